The summed E-state index contributed by atoms with van der Waals surface area (Å²) in [4.78, 5) is 53.2. The summed E-state index contributed by atoms with van der Waals surface area (Å²) in [6, 6.07) is 5.21. The highest BCUT2D eigenvalue weighted by molar-refractivity contribution is 6.06. The van der Waals surface area contributed by atoms with Crippen LogP contribution in [-0.2, 0) is 20.9 Å². The minimum atomic E-state index is -0.617. The van der Waals surface area contributed by atoms with E-state index >= 15 is 0 Å². The zero-order valence-electron chi connectivity index (χ0n) is 18.1. The summed E-state index contributed by atoms with van der Waals surface area (Å²) in [5.41, 5.74) is 7.91. The van der Waals surface area contributed by atoms with Crippen LogP contribution in [0, 0.1) is 11.3 Å². The molecule has 8 nitrogen and oxygen atoms in total. The summed E-state index contributed by atoms with van der Waals surface area (Å²) in [6.45, 7) is 1.27. The monoisotopic (exact) mass is 436 g/mol. The fraction of sp³-hybridized carbons (Fsp3) is 0.583. The summed E-state index contributed by atoms with van der Waals surface area (Å²) in [5, 5.41) is 2.37. The maximum atomic E-state index is 13.2. The second-order valence-corrected chi connectivity index (χ2v) is 10.5. The summed E-state index contributed by atoms with van der Waals surface area (Å²) in [7, 11) is 0. The first-order valence-electron chi connectivity index (χ1n) is 11.7. The molecule has 0 spiro atoms. The van der Waals surface area contributed by atoms with Gasteiger partial charge in [0.1, 0.15) is 6.04 Å². The second kappa shape index (κ2) is 6.56. The van der Waals surface area contributed by atoms with Crippen molar-refractivity contribution in [1.29, 1.82) is 0 Å². The molecular weight excluding hydrogens is 408 g/mol. The van der Waals surface area contributed by atoms with E-state index < -0.39 is 11.9 Å². The lowest BCUT2D eigenvalue weighted by atomic mass is 9.38. The average molecular weight is 437 g/mol. The molecule has 4 amide bonds. The molecule has 5 fully saturated rings. The van der Waals surface area contributed by atoms with E-state index in [1.807, 2.05) is 12.1 Å². The number of nitrogens with one attached hydrogen (secondary N) is 1. The summed E-state index contributed by atoms with van der Waals surface area (Å²) >= 11 is 0. The zero-order valence-corrected chi connectivity index (χ0v) is 18.1. The number of carbonyl (C=O) groups is 4. The number of benzene rings is 1. The first-order valence-corrected chi connectivity index (χ1v) is 11.7. The maximum absolute atomic E-state index is 13.2. The number of primary amides is 1. The third-order valence-corrected chi connectivity index (χ3v) is 8.40. The summed E-state index contributed by atoms with van der Waals surface area (Å²) < 4.78 is 0. The molecule has 168 valence electrons. The van der Waals surface area contributed by atoms with Crippen LogP contribution in [0.1, 0.15) is 67.3 Å². The topological polar surface area (TPSA) is 113 Å². The van der Waals surface area contributed by atoms with Crippen molar-refractivity contribution in [2.45, 2.75) is 69.5 Å². The molecule has 2 aliphatic heterocycles. The van der Waals surface area contributed by atoms with E-state index in [1.165, 1.54) is 12.8 Å². The normalized spacial score (nSPS) is 32.7. The number of nitrogens with zero attached hydrogens (tertiary/aromatic N) is 2. The average Bonchev–Trinajstić information content (AvgIpc) is 3.45. The molecule has 4 saturated carbocycles. The second-order valence-electron chi connectivity index (χ2n) is 10.5. The predicted octanol–water partition coefficient (Wildman–Crippen LogP) is 1.46. The quantitative estimate of drug-likeness (QED) is 0.629. The SMILES string of the molecule is NC(=O)C12CC(N(CCC3CC3)c3cccc4c3CN(C3CCC(=O)NC3=O)C4=O)(C1)C2. The molecule has 1 aromatic carbocycles. The highest BCUT2D eigenvalue weighted by Crippen LogP contribution is 2.70. The standard InChI is InChI=1S/C24H28N4O4/c25-22(32)23-11-24(12-23,13-23)28(9-8-14-4-5-14)17-3-1-2-15-16(17)10-27(21(15)31)18-6-7-19(29)26-20(18)30/h1-3,14,18H,4-13H2,(H2,25,32)(H,26,29,30). The Kier molecular flexibility index (Phi) is 4.05. The van der Waals surface area contributed by atoms with Gasteiger partial charge in [-0.2, -0.15) is 0 Å². The van der Waals surface area contributed by atoms with E-state index in [9.17, 15) is 19.2 Å². The van der Waals surface area contributed by atoms with Crippen molar-refractivity contribution in [2.24, 2.45) is 17.1 Å². The van der Waals surface area contributed by atoms with Gasteiger partial charge in [0.05, 0.1) is 5.41 Å². The highest BCUT2D eigenvalue weighted by atomic mass is 16.2. The minimum absolute atomic E-state index is 0.0514. The Morgan fingerprint density at radius 2 is 1.91 bits per heavy atom. The van der Waals surface area contributed by atoms with E-state index in [4.69, 9.17) is 5.73 Å². The van der Waals surface area contributed by atoms with Gasteiger partial charge in [0, 0.05) is 41.9 Å². The molecule has 6 aliphatic rings. The largest absolute Gasteiger partial charge is 0.369 e. The van der Waals surface area contributed by atoms with Crippen LogP contribution in [0.3, 0.4) is 0 Å². The Bertz CT molecular complexity index is 1040. The molecular formula is C24H28N4O4. The van der Waals surface area contributed by atoms with Crippen molar-refractivity contribution in [1.82, 2.24) is 10.2 Å². The number of hydrogen-bond acceptors (Lipinski definition) is 5. The van der Waals surface area contributed by atoms with Crippen LogP contribution < -0.4 is 16.0 Å². The number of rotatable bonds is 7. The van der Waals surface area contributed by atoms with Crippen molar-refractivity contribution in [3.05, 3.63) is 29.3 Å². The molecule has 2 bridgehead atoms. The third-order valence-electron chi connectivity index (χ3n) is 8.40. The molecule has 8 heteroatoms. The summed E-state index contributed by atoms with van der Waals surface area (Å²) in [6.07, 6.45) is 6.63. The molecule has 4 aliphatic carbocycles. The van der Waals surface area contributed by atoms with Gasteiger partial charge in [0.15, 0.2) is 0 Å². The van der Waals surface area contributed by atoms with Gasteiger partial charge in [-0.05, 0) is 50.2 Å². The molecule has 32 heavy (non-hydrogen) atoms. The lowest BCUT2D eigenvalue weighted by Crippen LogP contribution is -2.78. The molecule has 1 saturated heterocycles. The van der Waals surface area contributed by atoms with Gasteiger partial charge in [-0.15, -0.1) is 0 Å². The molecule has 1 aromatic rings. The number of imide groups is 1. The zero-order chi connectivity index (χ0) is 22.3. The lowest BCUT2D eigenvalue weighted by Gasteiger charge is -2.73. The van der Waals surface area contributed by atoms with Crippen LogP contribution in [-0.4, -0.2) is 46.7 Å². The lowest BCUT2D eigenvalue weighted by molar-refractivity contribution is -0.170. The Balaban J connectivity index is 1.30. The van der Waals surface area contributed by atoms with Crippen molar-refractivity contribution < 1.29 is 19.2 Å². The molecule has 1 unspecified atom stereocenters. The Morgan fingerprint density at radius 3 is 2.56 bits per heavy atom. The van der Waals surface area contributed by atoms with Crippen LogP contribution in [0.2, 0.25) is 0 Å². The van der Waals surface area contributed by atoms with Gasteiger partial charge in [0.25, 0.3) is 5.91 Å². The fourth-order valence-corrected chi connectivity index (χ4v) is 6.44. The van der Waals surface area contributed by atoms with E-state index in [2.05, 4.69) is 16.3 Å². The fourth-order valence-electron chi connectivity index (χ4n) is 6.44. The van der Waals surface area contributed by atoms with E-state index in [0.717, 1.165) is 49.4 Å². The van der Waals surface area contributed by atoms with Gasteiger partial charge >= 0.3 is 0 Å². The highest BCUT2D eigenvalue weighted by Gasteiger charge is 2.73. The number of amides is 4. The van der Waals surface area contributed by atoms with Crippen LogP contribution in [0.4, 0.5) is 5.69 Å². The maximum Gasteiger partial charge on any atom is 0.255 e. The molecule has 3 N–H and O–H groups in total. The van der Waals surface area contributed by atoms with E-state index in [0.29, 0.717) is 18.5 Å². The number of anilines is 1. The summed E-state index contributed by atoms with van der Waals surface area (Å²) in [5.74, 6) is -0.247. The van der Waals surface area contributed by atoms with Crippen molar-refractivity contribution in [2.75, 3.05) is 11.4 Å². The Labute approximate surface area is 186 Å². The molecule has 1 atom stereocenters. The molecule has 0 radical (unpaired) electrons. The number of nitrogens with two attached hydrogens (primary N) is 1. The van der Waals surface area contributed by atoms with Crippen LogP contribution in [0.15, 0.2) is 18.2 Å². The van der Waals surface area contributed by atoms with E-state index in [1.54, 1.807) is 4.90 Å². The van der Waals surface area contributed by atoms with Gasteiger partial charge in [-0.25, -0.2) is 0 Å². The van der Waals surface area contributed by atoms with Crippen molar-refractivity contribution >= 4 is 29.3 Å². The number of hydrogen-bond donors (Lipinski definition) is 2. The van der Waals surface area contributed by atoms with Gasteiger partial charge in [0.2, 0.25) is 17.7 Å². The third kappa shape index (κ3) is 2.74. The van der Waals surface area contributed by atoms with Gasteiger partial charge in [-0.1, -0.05) is 18.9 Å². The molecule has 7 rings (SSSR count). The van der Waals surface area contributed by atoms with Crippen LogP contribution in [0.25, 0.3) is 0 Å². The van der Waals surface area contributed by atoms with Crippen molar-refractivity contribution in [3.63, 3.8) is 0 Å². The van der Waals surface area contributed by atoms with Crippen molar-refractivity contribution in [3.8, 4) is 0 Å². The predicted molar refractivity (Wildman–Crippen MR) is 115 cm³/mol. The smallest absolute Gasteiger partial charge is 0.255 e. The van der Waals surface area contributed by atoms with E-state index in [-0.39, 0.29) is 35.1 Å². The molecule has 2 heterocycles. The minimum Gasteiger partial charge on any atom is -0.369 e. The Hall–Kier alpha value is -2.90. The number of piperidine rings is 1. The Morgan fingerprint density at radius 1 is 1.16 bits per heavy atom. The van der Waals surface area contributed by atoms with Crippen LogP contribution >= 0.6 is 0 Å². The van der Waals surface area contributed by atoms with Crippen LogP contribution in [0.5, 0.6) is 0 Å². The first-order chi connectivity index (χ1) is 15.3. The molecule has 0 aromatic heterocycles. The number of fused-ring (bicyclic) bond motifs is 1. The number of carbonyl (C=O) groups excluding carboxylic acids is 4. The van der Waals surface area contributed by atoms with Gasteiger partial charge in [-0.3, -0.25) is 24.5 Å². The van der Waals surface area contributed by atoms with Gasteiger partial charge < -0.3 is 15.5 Å². The first kappa shape index (κ1) is 19.8.